The van der Waals surface area contributed by atoms with Crippen LogP contribution in [-0.2, 0) is 9.59 Å². The number of carbonyl (C=O) groups excluding carboxylic acids is 2. The third-order valence-corrected chi connectivity index (χ3v) is 4.83. The predicted molar refractivity (Wildman–Crippen MR) is 102 cm³/mol. The third-order valence-electron chi connectivity index (χ3n) is 4.66. The van der Waals surface area contributed by atoms with Crippen molar-refractivity contribution in [1.29, 1.82) is 0 Å². The number of hydrogen-bond acceptors (Lipinski definition) is 7. The number of rotatable bonds is 11. The van der Waals surface area contributed by atoms with E-state index in [0.717, 1.165) is 32.1 Å². The van der Waals surface area contributed by atoms with Crippen LogP contribution in [0.25, 0.3) is 0 Å². The van der Waals surface area contributed by atoms with Crippen LogP contribution in [0.3, 0.4) is 0 Å². The van der Waals surface area contributed by atoms with Crippen molar-refractivity contribution in [2.24, 2.45) is 11.8 Å². The molecule has 0 spiro atoms. The monoisotopic (exact) mass is 416 g/mol. The van der Waals surface area contributed by atoms with Gasteiger partial charge in [-0.25, -0.2) is 5.06 Å². The molecule has 11 heteroatoms. The first kappa shape index (κ1) is 22.1. The second-order valence-electron chi connectivity index (χ2n) is 6.86. The lowest BCUT2D eigenvalue weighted by atomic mass is 9.92. The number of carbonyl (C=O) groups is 2. The van der Waals surface area contributed by atoms with Crippen molar-refractivity contribution in [2.45, 2.75) is 45.4 Å². The molecule has 0 aliphatic heterocycles. The first-order valence-electron chi connectivity index (χ1n) is 9.38. The maximum absolute atomic E-state index is 14.5. The Labute approximate surface area is 168 Å². The number of hydrogen-bond donors (Lipinski definition) is 4. The standard InChI is InChI=1S/C17H26ClFN6O3/c1-2-7-20-14-13(19)15(22-17(18)21-14)23-24-16(27)12(9-25(28)10-26)8-11-5-3-4-6-11/h10-12,28H,2-9H2,1H3,(H,24,27)(H2,20,21,22,23)/t12-/m0/s1. The van der Waals surface area contributed by atoms with Crippen molar-refractivity contribution in [3.63, 3.8) is 0 Å². The van der Waals surface area contributed by atoms with E-state index in [-0.39, 0.29) is 29.9 Å². The van der Waals surface area contributed by atoms with Gasteiger partial charge in [0.15, 0.2) is 11.6 Å². The van der Waals surface area contributed by atoms with E-state index < -0.39 is 17.6 Å². The Morgan fingerprint density at radius 3 is 2.71 bits per heavy atom. The van der Waals surface area contributed by atoms with Gasteiger partial charge in [-0.15, -0.1) is 0 Å². The summed E-state index contributed by atoms with van der Waals surface area (Å²) < 4.78 is 14.5. The number of aromatic nitrogens is 2. The van der Waals surface area contributed by atoms with Gasteiger partial charge in [-0.05, 0) is 30.4 Å². The van der Waals surface area contributed by atoms with E-state index in [4.69, 9.17) is 11.6 Å². The van der Waals surface area contributed by atoms with E-state index in [9.17, 15) is 19.2 Å². The molecule has 1 atom stereocenters. The smallest absolute Gasteiger partial charge is 0.243 e. The van der Waals surface area contributed by atoms with Crippen LogP contribution < -0.4 is 16.2 Å². The summed E-state index contributed by atoms with van der Waals surface area (Å²) in [5.41, 5.74) is 4.82. The van der Waals surface area contributed by atoms with Crippen LogP contribution in [0.4, 0.5) is 16.0 Å². The van der Waals surface area contributed by atoms with E-state index in [1.54, 1.807) is 0 Å². The normalized spacial score (nSPS) is 15.1. The summed E-state index contributed by atoms with van der Waals surface area (Å²) in [6.45, 7) is 2.27. The molecule has 1 aromatic rings. The molecule has 1 aliphatic rings. The second-order valence-corrected chi connectivity index (χ2v) is 7.19. The molecule has 2 rings (SSSR count). The summed E-state index contributed by atoms with van der Waals surface area (Å²) in [6.07, 6.45) is 5.75. The molecule has 0 saturated heterocycles. The van der Waals surface area contributed by atoms with Crippen molar-refractivity contribution >= 4 is 35.6 Å². The lowest BCUT2D eigenvalue weighted by Gasteiger charge is -2.22. The molecule has 1 fully saturated rings. The summed E-state index contributed by atoms with van der Waals surface area (Å²) in [5.74, 6) is -1.90. The first-order chi connectivity index (χ1) is 13.4. The Hall–Kier alpha value is -2.20. The molecule has 1 heterocycles. The Bertz CT molecular complexity index is 675. The zero-order valence-corrected chi connectivity index (χ0v) is 16.5. The van der Waals surface area contributed by atoms with Crippen molar-refractivity contribution in [3.8, 4) is 0 Å². The number of halogens is 2. The van der Waals surface area contributed by atoms with Gasteiger partial charge in [0.05, 0.1) is 12.5 Å². The molecule has 0 bridgehead atoms. The van der Waals surface area contributed by atoms with E-state index in [2.05, 4.69) is 26.1 Å². The lowest BCUT2D eigenvalue weighted by Crippen LogP contribution is -2.41. The van der Waals surface area contributed by atoms with Crippen LogP contribution in [0, 0.1) is 17.7 Å². The highest BCUT2D eigenvalue weighted by molar-refractivity contribution is 6.28. The summed E-state index contributed by atoms with van der Waals surface area (Å²) in [7, 11) is 0. The molecule has 1 saturated carbocycles. The molecule has 0 unspecified atom stereocenters. The fourth-order valence-electron chi connectivity index (χ4n) is 3.27. The predicted octanol–water partition coefficient (Wildman–Crippen LogP) is 2.58. The van der Waals surface area contributed by atoms with Gasteiger partial charge in [0.25, 0.3) is 0 Å². The van der Waals surface area contributed by atoms with Gasteiger partial charge in [0.1, 0.15) is 0 Å². The van der Waals surface area contributed by atoms with Gasteiger partial charge in [0.2, 0.25) is 23.4 Å². The van der Waals surface area contributed by atoms with Gasteiger partial charge in [-0.1, -0.05) is 32.6 Å². The lowest BCUT2D eigenvalue weighted by molar-refractivity contribution is -0.154. The highest BCUT2D eigenvalue weighted by Gasteiger charge is 2.27. The van der Waals surface area contributed by atoms with E-state index >= 15 is 0 Å². The van der Waals surface area contributed by atoms with Crippen molar-refractivity contribution < 1.29 is 19.2 Å². The number of amides is 2. The zero-order valence-electron chi connectivity index (χ0n) is 15.8. The molecule has 4 N–H and O–H groups in total. The maximum Gasteiger partial charge on any atom is 0.243 e. The number of anilines is 2. The molecule has 2 amide bonds. The molecular weight excluding hydrogens is 391 g/mol. The fourth-order valence-corrected chi connectivity index (χ4v) is 3.44. The van der Waals surface area contributed by atoms with Crippen LogP contribution in [0.5, 0.6) is 0 Å². The van der Waals surface area contributed by atoms with Crippen molar-refractivity contribution in [1.82, 2.24) is 20.5 Å². The molecule has 0 radical (unpaired) electrons. The number of hydrazine groups is 1. The van der Waals surface area contributed by atoms with E-state index in [1.165, 1.54) is 0 Å². The SMILES string of the molecule is CCCNc1nc(Cl)nc(NNC(=O)[C@@H](CC2CCCC2)CN(O)C=O)c1F. The van der Waals surface area contributed by atoms with Crippen LogP contribution >= 0.6 is 11.6 Å². The van der Waals surface area contributed by atoms with Crippen LogP contribution in [0.2, 0.25) is 5.28 Å². The largest absolute Gasteiger partial charge is 0.367 e. The van der Waals surface area contributed by atoms with Gasteiger partial charge in [-0.3, -0.25) is 25.6 Å². The van der Waals surface area contributed by atoms with Gasteiger partial charge >= 0.3 is 0 Å². The maximum atomic E-state index is 14.5. The summed E-state index contributed by atoms with van der Waals surface area (Å²) in [6, 6.07) is 0. The van der Waals surface area contributed by atoms with Gasteiger partial charge in [0, 0.05) is 6.54 Å². The summed E-state index contributed by atoms with van der Waals surface area (Å²) in [4.78, 5) is 30.8. The highest BCUT2D eigenvalue weighted by Crippen LogP contribution is 2.30. The Kier molecular flexibility index (Phi) is 8.65. The van der Waals surface area contributed by atoms with Crippen molar-refractivity contribution in [3.05, 3.63) is 11.1 Å². The minimum absolute atomic E-state index is 0.0661. The van der Waals surface area contributed by atoms with Gasteiger partial charge in [-0.2, -0.15) is 14.4 Å². The summed E-state index contributed by atoms with van der Waals surface area (Å²) in [5, 5.41) is 12.5. The van der Waals surface area contributed by atoms with Crippen LogP contribution in [0.15, 0.2) is 0 Å². The van der Waals surface area contributed by atoms with Gasteiger partial charge < -0.3 is 5.32 Å². The minimum Gasteiger partial charge on any atom is -0.367 e. The zero-order chi connectivity index (χ0) is 20.5. The molecule has 0 aromatic carbocycles. The third kappa shape index (κ3) is 6.45. The Morgan fingerprint density at radius 1 is 1.39 bits per heavy atom. The minimum atomic E-state index is -0.776. The molecule has 156 valence electrons. The summed E-state index contributed by atoms with van der Waals surface area (Å²) >= 11 is 5.82. The fraction of sp³-hybridized carbons (Fsp3) is 0.647. The molecule has 9 nitrogen and oxygen atoms in total. The van der Waals surface area contributed by atoms with Crippen LogP contribution in [-0.4, -0.2) is 45.6 Å². The average molecular weight is 417 g/mol. The van der Waals surface area contributed by atoms with E-state index in [0.29, 0.717) is 23.9 Å². The first-order valence-corrected chi connectivity index (χ1v) is 9.76. The highest BCUT2D eigenvalue weighted by atomic mass is 35.5. The number of hydroxylamine groups is 2. The molecule has 1 aromatic heterocycles. The van der Waals surface area contributed by atoms with Crippen molar-refractivity contribution in [2.75, 3.05) is 23.8 Å². The average Bonchev–Trinajstić information content (AvgIpc) is 3.19. The number of nitrogens with zero attached hydrogens (tertiary/aromatic N) is 3. The quantitative estimate of drug-likeness (QED) is 0.189. The van der Waals surface area contributed by atoms with Crippen LogP contribution in [0.1, 0.15) is 45.4 Å². The molecule has 1 aliphatic carbocycles. The molecular formula is C17H26ClFN6O3. The molecule has 28 heavy (non-hydrogen) atoms. The Balaban J connectivity index is 2.04. The Morgan fingerprint density at radius 2 is 2.07 bits per heavy atom. The second kappa shape index (κ2) is 11.0. The van der Waals surface area contributed by atoms with E-state index in [1.807, 2.05) is 6.92 Å². The topological polar surface area (TPSA) is 119 Å². The number of nitrogens with one attached hydrogen (secondary N) is 3.